The molecule has 20 heavy (non-hydrogen) atoms. The van der Waals surface area contributed by atoms with Crippen LogP contribution in [0.1, 0.15) is 17.6 Å². The molecule has 2 heterocycles. The van der Waals surface area contributed by atoms with Crippen molar-refractivity contribution in [1.82, 2.24) is 9.38 Å². The van der Waals surface area contributed by atoms with E-state index in [9.17, 15) is 8.78 Å². The highest BCUT2D eigenvalue weighted by Crippen LogP contribution is 2.28. The molecule has 3 nitrogen and oxygen atoms in total. The molecule has 1 aromatic carbocycles. The molecule has 3 rings (SSSR count). The maximum Gasteiger partial charge on any atom is 0.263 e. The summed E-state index contributed by atoms with van der Waals surface area (Å²) < 4.78 is 26.9. The van der Waals surface area contributed by atoms with Crippen molar-refractivity contribution in [2.24, 2.45) is 0 Å². The number of nitrogens with two attached hydrogens (primary N) is 1. The van der Waals surface area contributed by atoms with Crippen LogP contribution in [0.4, 0.5) is 14.6 Å². The fourth-order valence-corrected chi connectivity index (χ4v) is 2.17. The van der Waals surface area contributed by atoms with Gasteiger partial charge in [0.1, 0.15) is 17.2 Å². The van der Waals surface area contributed by atoms with Crippen molar-refractivity contribution < 1.29 is 8.78 Å². The molecule has 5 heteroatoms. The van der Waals surface area contributed by atoms with Gasteiger partial charge in [-0.1, -0.05) is 30.3 Å². The molecule has 0 radical (unpaired) electrons. The summed E-state index contributed by atoms with van der Waals surface area (Å²) in [5.74, 6) is 0.508. The first kappa shape index (κ1) is 12.6. The molecule has 3 aromatic rings. The molecule has 2 aromatic heterocycles. The minimum Gasteiger partial charge on any atom is -0.383 e. The molecule has 2 N–H and O–H groups in total. The summed E-state index contributed by atoms with van der Waals surface area (Å²) in [6.07, 6.45) is -0.570. The number of hydrogen-bond acceptors (Lipinski definition) is 2. The molecule has 0 atom stereocenters. The van der Waals surface area contributed by atoms with Gasteiger partial charge in [-0.15, -0.1) is 0 Å². The van der Waals surface area contributed by atoms with Crippen molar-refractivity contribution in [2.45, 2.75) is 13.3 Å². The average molecular weight is 273 g/mol. The standard InChI is InChI=1S/C15H13F2N3/c1-9-2-7-12-19-13(15(18)20(12)8-9)10-3-5-11(6-4-10)14(16)17/h2-8,14H,18H2,1H3. The molecule has 0 bridgehead atoms. The Kier molecular flexibility index (Phi) is 2.89. The fraction of sp³-hybridized carbons (Fsp3) is 0.133. The quantitative estimate of drug-likeness (QED) is 0.771. The van der Waals surface area contributed by atoms with Crippen LogP contribution in [0.15, 0.2) is 42.6 Å². The van der Waals surface area contributed by atoms with Crippen LogP contribution in [-0.4, -0.2) is 9.38 Å². The topological polar surface area (TPSA) is 43.3 Å². The predicted octanol–water partition coefficient (Wildman–Crippen LogP) is 3.83. The molecule has 0 fully saturated rings. The summed E-state index contributed by atoms with van der Waals surface area (Å²) in [7, 11) is 0. The van der Waals surface area contributed by atoms with E-state index in [4.69, 9.17) is 5.73 Å². The van der Waals surface area contributed by atoms with E-state index in [-0.39, 0.29) is 5.56 Å². The first-order valence-electron chi connectivity index (χ1n) is 6.19. The molecule has 0 saturated carbocycles. The molecular weight excluding hydrogens is 260 g/mol. The predicted molar refractivity (Wildman–Crippen MR) is 74.7 cm³/mol. The van der Waals surface area contributed by atoms with Gasteiger partial charge in [0.15, 0.2) is 0 Å². The second-order valence-corrected chi connectivity index (χ2v) is 4.70. The number of pyridine rings is 1. The molecule has 0 aliphatic heterocycles. The molecular formula is C15H13F2N3. The number of rotatable bonds is 2. The van der Waals surface area contributed by atoms with Gasteiger partial charge in [-0.2, -0.15) is 0 Å². The molecule has 102 valence electrons. The number of nitrogens with zero attached hydrogens (tertiary/aromatic N) is 2. The third-order valence-electron chi connectivity index (χ3n) is 3.24. The Balaban J connectivity index is 2.12. The lowest BCUT2D eigenvalue weighted by molar-refractivity contribution is 0.151. The molecule has 0 aliphatic carbocycles. The Bertz CT molecular complexity index is 761. The Hall–Kier alpha value is -2.43. The average Bonchev–Trinajstić information content (AvgIpc) is 2.76. The maximum absolute atomic E-state index is 12.5. The van der Waals surface area contributed by atoms with Crippen LogP contribution >= 0.6 is 0 Å². The van der Waals surface area contributed by atoms with Gasteiger partial charge in [0.2, 0.25) is 0 Å². The second-order valence-electron chi connectivity index (χ2n) is 4.70. The first-order valence-corrected chi connectivity index (χ1v) is 6.19. The summed E-state index contributed by atoms with van der Waals surface area (Å²) in [5.41, 5.74) is 9.23. The van der Waals surface area contributed by atoms with Crippen molar-refractivity contribution in [1.29, 1.82) is 0 Å². The van der Waals surface area contributed by atoms with Gasteiger partial charge < -0.3 is 5.73 Å². The number of imidazole rings is 1. The highest BCUT2D eigenvalue weighted by molar-refractivity contribution is 5.75. The minimum absolute atomic E-state index is 0.00747. The molecule has 0 unspecified atom stereocenters. The lowest BCUT2D eigenvalue weighted by Crippen LogP contribution is -1.94. The Morgan fingerprint density at radius 2 is 1.80 bits per heavy atom. The van der Waals surface area contributed by atoms with Crippen LogP contribution in [0.25, 0.3) is 16.9 Å². The largest absolute Gasteiger partial charge is 0.383 e. The van der Waals surface area contributed by atoms with Gasteiger partial charge in [-0.3, -0.25) is 4.40 Å². The summed E-state index contributed by atoms with van der Waals surface area (Å²) in [4.78, 5) is 4.45. The van der Waals surface area contributed by atoms with Crippen molar-refractivity contribution in [3.63, 3.8) is 0 Å². The van der Waals surface area contributed by atoms with E-state index in [2.05, 4.69) is 4.98 Å². The van der Waals surface area contributed by atoms with Gasteiger partial charge in [-0.25, -0.2) is 13.8 Å². The number of hydrogen-bond donors (Lipinski definition) is 1. The monoisotopic (exact) mass is 273 g/mol. The SMILES string of the molecule is Cc1ccc2nc(-c3ccc(C(F)F)cc3)c(N)n2c1. The van der Waals surface area contributed by atoms with E-state index in [0.717, 1.165) is 16.8 Å². The zero-order valence-corrected chi connectivity index (χ0v) is 10.8. The Labute approximate surface area is 114 Å². The van der Waals surface area contributed by atoms with Gasteiger partial charge in [0.25, 0.3) is 6.43 Å². The third-order valence-corrected chi connectivity index (χ3v) is 3.24. The zero-order chi connectivity index (χ0) is 14.3. The van der Waals surface area contributed by atoms with Crippen molar-refractivity contribution in [2.75, 3.05) is 5.73 Å². The van der Waals surface area contributed by atoms with Crippen LogP contribution in [-0.2, 0) is 0 Å². The van der Waals surface area contributed by atoms with Crippen LogP contribution < -0.4 is 5.73 Å². The molecule has 0 spiro atoms. The number of aromatic nitrogens is 2. The van der Waals surface area contributed by atoms with E-state index in [1.165, 1.54) is 12.1 Å². The Morgan fingerprint density at radius 1 is 1.10 bits per heavy atom. The molecule has 0 saturated heterocycles. The van der Waals surface area contributed by atoms with Crippen molar-refractivity contribution in [3.05, 3.63) is 53.7 Å². The smallest absolute Gasteiger partial charge is 0.263 e. The highest BCUT2D eigenvalue weighted by atomic mass is 19.3. The lowest BCUT2D eigenvalue weighted by atomic mass is 10.1. The number of alkyl halides is 2. The number of halogens is 2. The summed E-state index contributed by atoms with van der Waals surface area (Å²) in [5, 5.41) is 0. The molecule has 0 aliphatic rings. The van der Waals surface area contributed by atoms with Crippen LogP contribution in [0.3, 0.4) is 0 Å². The van der Waals surface area contributed by atoms with Gasteiger partial charge >= 0.3 is 0 Å². The zero-order valence-electron chi connectivity index (χ0n) is 10.8. The van der Waals surface area contributed by atoms with Gasteiger partial charge in [-0.05, 0) is 18.6 Å². The number of nitrogen functional groups attached to an aromatic ring is 1. The van der Waals surface area contributed by atoms with Crippen LogP contribution in [0.2, 0.25) is 0 Å². The van der Waals surface area contributed by atoms with Crippen molar-refractivity contribution >= 4 is 11.5 Å². The fourth-order valence-electron chi connectivity index (χ4n) is 2.17. The summed E-state index contributed by atoms with van der Waals surface area (Å²) in [6.45, 7) is 1.97. The van der Waals surface area contributed by atoms with E-state index in [1.54, 1.807) is 16.5 Å². The van der Waals surface area contributed by atoms with E-state index < -0.39 is 6.43 Å². The van der Waals surface area contributed by atoms with E-state index in [1.807, 2.05) is 25.3 Å². The number of aryl methyl sites for hydroxylation is 1. The van der Waals surface area contributed by atoms with Crippen LogP contribution in [0, 0.1) is 6.92 Å². The number of benzene rings is 1. The number of fused-ring (bicyclic) bond motifs is 1. The Morgan fingerprint density at radius 3 is 2.45 bits per heavy atom. The normalized spacial score (nSPS) is 11.4. The van der Waals surface area contributed by atoms with Crippen LogP contribution in [0.5, 0.6) is 0 Å². The third kappa shape index (κ3) is 2.01. The molecule has 0 amide bonds. The van der Waals surface area contributed by atoms with Gasteiger partial charge in [0, 0.05) is 17.3 Å². The summed E-state index contributed by atoms with van der Waals surface area (Å²) in [6, 6.07) is 9.86. The minimum atomic E-state index is -2.47. The van der Waals surface area contributed by atoms with E-state index >= 15 is 0 Å². The maximum atomic E-state index is 12.5. The highest BCUT2D eigenvalue weighted by Gasteiger charge is 2.12. The number of anilines is 1. The van der Waals surface area contributed by atoms with Crippen molar-refractivity contribution in [3.8, 4) is 11.3 Å². The lowest BCUT2D eigenvalue weighted by Gasteiger charge is -2.02. The second kappa shape index (κ2) is 4.59. The van der Waals surface area contributed by atoms with Gasteiger partial charge in [0.05, 0.1) is 0 Å². The first-order chi connectivity index (χ1) is 9.56. The summed E-state index contributed by atoms with van der Waals surface area (Å²) >= 11 is 0. The van der Waals surface area contributed by atoms with E-state index in [0.29, 0.717) is 11.5 Å².